The highest BCUT2D eigenvalue weighted by atomic mass is 16.2. The molecule has 21 heavy (non-hydrogen) atoms. The third kappa shape index (κ3) is 3.78. The van der Waals surface area contributed by atoms with Crippen LogP contribution in [0.5, 0.6) is 0 Å². The molecule has 0 fully saturated rings. The van der Waals surface area contributed by atoms with E-state index in [1.165, 1.54) is 6.20 Å². The van der Waals surface area contributed by atoms with Crippen LogP contribution in [0.25, 0.3) is 0 Å². The van der Waals surface area contributed by atoms with Gasteiger partial charge in [0.2, 0.25) is 0 Å². The Bertz CT molecular complexity index is 764. The second-order valence-electron chi connectivity index (χ2n) is 4.31. The number of anilines is 1. The zero-order chi connectivity index (χ0) is 15.2. The number of carbonyl (C=O) groups excluding carboxylic acids is 1. The fraction of sp³-hybridized carbons (Fsp3) is 0.133. The monoisotopic (exact) mass is 282 g/mol. The molecule has 106 valence electrons. The molecule has 2 rings (SSSR count). The van der Waals surface area contributed by atoms with Crippen LogP contribution in [-0.4, -0.2) is 22.4 Å². The first-order chi connectivity index (χ1) is 10.1. The van der Waals surface area contributed by atoms with Crippen molar-refractivity contribution < 1.29 is 4.79 Å². The molecule has 1 amide bonds. The molecule has 6 nitrogen and oxygen atoms in total. The van der Waals surface area contributed by atoms with E-state index in [1.807, 2.05) is 19.1 Å². The quantitative estimate of drug-likeness (QED) is 0.704. The number of benzene rings is 1. The SMILES string of the molecule is Cc1ccc(NC(=O)c2c[nH]c(=O)cn2)c(C#CCN)c1. The highest BCUT2D eigenvalue weighted by molar-refractivity contribution is 6.03. The Labute approximate surface area is 121 Å². The summed E-state index contributed by atoms with van der Waals surface area (Å²) in [5, 5.41) is 2.72. The predicted octanol–water partition coefficient (Wildman–Crippen LogP) is 0.641. The van der Waals surface area contributed by atoms with Gasteiger partial charge in [-0.05, 0) is 24.6 Å². The molecule has 0 unspecified atom stereocenters. The van der Waals surface area contributed by atoms with Crippen molar-refractivity contribution in [1.82, 2.24) is 9.97 Å². The van der Waals surface area contributed by atoms with Crippen molar-refractivity contribution in [2.75, 3.05) is 11.9 Å². The smallest absolute Gasteiger partial charge is 0.275 e. The first kappa shape index (κ1) is 14.5. The molecule has 0 saturated heterocycles. The lowest BCUT2D eigenvalue weighted by Crippen LogP contribution is -2.17. The molecule has 6 heteroatoms. The van der Waals surface area contributed by atoms with Gasteiger partial charge in [-0.15, -0.1) is 0 Å². The van der Waals surface area contributed by atoms with Gasteiger partial charge < -0.3 is 16.0 Å². The molecular formula is C15H14N4O2. The summed E-state index contributed by atoms with van der Waals surface area (Å²) in [6.07, 6.45) is 2.32. The molecule has 2 aromatic rings. The van der Waals surface area contributed by atoms with E-state index in [0.29, 0.717) is 11.3 Å². The van der Waals surface area contributed by atoms with Crippen molar-refractivity contribution in [1.29, 1.82) is 0 Å². The molecule has 0 aliphatic heterocycles. The second kappa shape index (κ2) is 6.50. The minimum Gasteiger partial charge on any atom is -0.325 e. The Balaban J connectivity index is 2.28. The molecule has 1 aromatic carbocycles. The molecule has 0 atom stereocenters. The van der Waals surface area contributed by atoms with Crippen LogP contribution in [0.1, 0.15) is 21.6 Å². The van der Waals surface area contributed by atoms with E-state index in [2.05, 4.69) is 27.1 Å². The lowest BCUT2D eigenvalue weighted by atomic mass is 10.1. The summed E-state index contributed by atoms with van der Waals surface area (Å²) in [5.74, 6) is 5.24. The third-order valence-corrected chi connectivity index (χ3v) is 2.65. The number of carbonyl (C=O) groups is 1. The van der Waals surface area contributed by atoms with E-state index in [9.17, 15) is 9.59 Å². The van der Waals surface area contributed by atoms with Gasteiger partial charge in [0.05, 0.1) is 18.4 Å². The Hall–Kier alpha value is -2.91. The van der Waals surface area contributed by atoms with E-state index in [4.69, 9.17) is 5.73 Å². The van der Waals surface area contributed by atoms with E-state index in [-0.39, 0.29) is 17.8 Å². The summed E-state index contributed by atoms with van der Waals surface area (Å²) in [7, 11) is 0. The molecule has 0 aliphatic rings. The lowest BCUT2D eigenvalue weighted by molar-refractivity contribution is 0.102. The Morgan fingerprint density at radius 1 is 1.48 bits per heavy atom. The maximum Gasteiger partial charge on any atom is 0.275 e. The van der Waals surface area contributed by atoms with Crippen LogP contribution in [0.2, 0.25) is 0 Å². The number of nitrogens with one attached hydrogen (secondary N) is 2. The minimum atomic E-state index is -0.425. The van der Waals surface area contributed by atoms with Gasteiger partial charge in [0, 0.05) is 11.8 Å². The number of aromatic amines is 1. The molecule has 0 aliphatic carbocycles. The summed E-state index contributed by atoms with van der Waals surface area (Å²) in [4.78, 5) is 29.2. The molecular weight excluding hydrogens is 268 g/mol. The maximum atomic E-state index is 12.1. The van der Waals surface area contributed by atoms with Gasteiger partial charge in [-0.1, -0.05) is 17.9 Å². The van der Waals surface area contributed by atoms with Crippen LogP contribution in [-0.2, 0) is 0 Å². The molecule has 0 saturated carbocycles. The number of nitrogens with zero attached hydrogens (tertiary/aromatic N) is 1. The Morgan fingerprint density at radius 3 is 2.95 bits per heavy atom. The summed E-state index contributed by atoms with van der Waals surface area (Å²) >= 11 is 0. The summed E-state index contributed by atoms with van der Waals surface area (Å²) in [6.45, 7) is 2.17. The van der Waals surface area contributed by atoms with Gasteiger partial charge in [0.15, 0.2) is 0 Å². The van der Waals surface area contributed by atoms with E-state index in [1.54, 1.807) is 6.07 Å². The topological polar surface area (TPSA) is 101 Å². The molecule has 1 aromatic heterocycles. The molecule has 0 spiro atoms. The average molecular weight is 282 g/mol. The van der Waals surface area contributed by atoms with Crippen molar-refractivity contribution in [2.45, 2.75) is 6.92 Å². The van der Waals surface area contributed by atoms with Crippen LogP contribution >= 0.6 is 0 Å². The number of hydrogen-bond donors (Lipinski definition) is 3. The van der Waals surface area contributed by atoms with Crippen molar-refractivity contribution in [3.8, 4) is 11.8 Å². The highest BCUT2D eigenvalue weighted by Gasteiger charge is 2.10. The fourth-order valence-corrected chi connectivity index (χ4v) is 1.67. The molecule has 0 bridgehead atoms. The van der Waals surface area contributed by atoms with Gasteiger partial charge in [0.25, 0.3) is 11.5 Å². The van der Waals surface area contributed by atoms with Crippen molar-refractivity contribution in [2.24, 2.45) is 5.73 Å². The largest absolute Gasteiger partial charge is 0.325 e. The van der Waals surface area contributed by atoms with Gasteiger partial charge in [-0.2, -0.15) is 0 Å². The van der Waals surface area contributed by atoms with E-state index in [0.717, 1.165) is 11.8 Å². The number of aromatic nitrogens is 2. The fourth-order valence-electron chi connectivity index (χ4n) is 1.67. The van der Waals surface area contributed by atoms with Crippen molar-refractivity contribution in [3.63, 3.8) is 0 Å². The van der Waals surface area contributed by atoms with Gasteiger partial charge in [-0.25, -0.2) is 4.98 Å². The third-order valence-electron chi connectivity index (χ3n) is 2.65. The van der Waals surface area contributed by atoms with Crippen LogP contribution in [0, 0.1) is 18.8 Å². The molecule has 1 heterocycles. The molecule has 0 radical (unpaired) electrons. The van der Waals surface area contributed by atoms with Crippen LogP contribution < -0.4 is 16.6 Å². The van der Waals surface area contributed by atoms with Gasteiger partial charge in [-0.3, -0.25) is 9.59 Å². The zero-order valence-corrected chi connectivity index (χ0v) is 11.4. The van der Waals surface area contributed by atoms with Gasteiger partial charge in [0.1, 0.15) is 5.69 Å². The Kier molecular flexibility index (Phi) is 4.49. The average Bonchev–Trinajstić information content (AvgIpc) is 2.48. The minimum absolute atomic E-state index is 0.118. The Morgan fingerprint density at radius 2 is 2.29 bits per heavy atom. The summed E-state index contributed by atoms with van der Waals surface area (Å²) < 4.78 is 0. The highest BCUT2D eigenvalue weighted by Crippen LogP contribution is 2.17. The number of nitrogens with two attached hydrogens (primary N) is 1. The van der Waals surface area contributed by atoms with E-state index < -0.39 is 5.91 Å². The van der Waals surface area contributed by atoms with Crippen LogP contribution in [0.4, 0.5) is 5.69 Å². The van der Waals surface area contributed by atoms with Gasteiger partial charge >= 0.3 is 0 Å². The number of aryl methyl sites for hydroxylation is 1. The zero-order valence-electron chi connectivity index (χ0n) is 11.4. The summed E-state index contributed by atoms with van der Waals surface area (Å²) in [5.41, 5.74) is 7.39. The first-order valence-electron chi connectivity index (χ1n) is 6.26. The van der Waals surface area contributed by atoms with Crippen molar-refractivity contribution in [3.05, 3.63) is 57.8 Å². The lowest BCUT2D eigenvalue weighted by Gasteiger charge is -2.08. The summed E-state index contributed by atoms with van der Waals surface area (Å²) in [6, 6.07) is 5.49. The normalized spacial score (nSPS) is 9.62. The first-order valence-corrected chi connectivity index (χ1v) is 6.26. The van der Waals surface area contributed by atoms with Crippen LogP contribution in [0.3, 0.4) is 0 Å². The number of H-pyrrole nitrogens is 1. The van der Waals surface area contributed by atoms with E-state index >= 15 is 0 Å². The number of rotatable bonds is 2. The van der Waals surface area contributed by atoms with Crippen molar-refractivity contribution >= 4 is 11.6 Å². The predicted molar refractivity (Wildman–Crippen MR) is 79.9 cm³/mol. The van der Waals surface area contributed by atoms with Crippen LogP contribution in [0.15, 0.2) is 35.4 Å². The maximum absolute atomic E-state index is 12.1. The molecule has 4 N–H and O–H groups in total. The number of hydrogen-bond acceptors (Lipinski definition) is 4. The standard InChI is InChI=1S/C15H14N4O2/c1-10-4-5-12(11(7-10)3-2-6-16)19-15(21)13-8-18-14(20)9-17-13/h4-5,7-9H,6,16H2,1H3,(H,18,20)(H,19,21). The number of amides is 1. The second-order valence-corrected chi connectivity index (χ2v) is 4.31.